The van der Waals surface area contributed by atoms with Crippen molar-refractivity contribution in [1.29, 1.82) is 0 Å². The molecule has 2 heterocycles. The largest absolute Gasteiger partial charge is 0.418 e. The van der Waals surface area contributed by atoms with E-state index in [1.807, 2.05) is 0 Å². The zero-order valence-electron chi connectivity index (χ0n) is 19.8. The number of benzene rings is 2. The van der Waals surface area contributed by atoms with Crippen LogP contribution in [0.3, 0.4) is 0 Å². The minimum atomic E-state index is -5.38. The Balaban J connectivity index is 1.67. The van der Waals surface area contributed by atoms with Gasteiger partial charge in [0.25, 0.3) is 5.91 Å². The van der Waals surface area contributed by atoms with E-state index in [-0.39, 0.29) is 42.6 Å². The SMILES string of the molecule is O=C(Nc1cccc(Sc2ccc(/C=C/C(=O)N3CCOCC3)c(C(F)(F)F)c2C(F)(F)F)c1)c1ccno1. The lowest BCUT2D eigenvalue weighted by atomic mass is 9.99. The number of aromatic nitrogens is 1. The Hall–Kier alpha value is -3.78. The predicted octanol–water partition coefficient (Wildman–Crippen LogP) is 5.99. The molecule has 1 N–H and O–H groups in total. The third-order valence-corrected chi connectivity index (χ3v) is 6.53. The van der Waals surface area contributed by atoms with Crippen molar-refractivity contribution in [3.63, 3.8) is 0 Å². The number of carbonyl (C=O) groups excluding carboxylic acids is 2. The van der Waals surface area contributed by atoms with Crippen molar-refractivity contribution >= 4 is 35.3 Å². The molecule has 0 aliphatic carbocycles. The predicted molar refractivity (Wildman–Crippen MR) is 128 cm³/mol. The average Bonchev–Trinajstić information content (AvgIpc) is 3.42. The number of amides is 2. The molecular weight excluding hydrogens is 552 g/mol. The fraction of sp³-hybridized carbons (Fsp3) is 0.240. The Morgan fingerprint density at radius 3 is 2.33 bits per heavy atom. The van der Waals surface area contributed by atoms with Crippen molar-refractivity contribution in [2.24, 2.45) is 0 Å². The van der Waals surface area contributed by atoms with E-state index in [2.05, 4.69) is 10.5 Å². The lowest BCUT2D eigenvalue weighted by Gasteiger charge is -2.25. The fourth-order valence-corrected chi connectivity index (χ4v) is 4.79. The third kappa shape index (κ3) is 7.00. The summed E-state index contributed by atoms with van der Waals surface area (Å²) in [6.07, 6.45) is -7.94. The van der Waals surface area contributed by atoms with E-state index >= 15 is 0 Å². The maximum absolute atomic E-state index is 14.1. The van der Waals surface area contributed by atoms with E-state index in [4.69, 9.17) is 9.26 Å². The van der Waals surface area contributed by atoms with Crippen LogP contribution in [0.4, 0.5) is 32.0 Å². The summed E-state index contributed by atoms with van der Waals surface area (Å²) in [6.45, 7) is 0.943. The zero-order chi connectivity index (χ0) is 28.2. The molecule has 0 saturated carbocycles. The summed E-state index contributed by atoms with van der Waals surface area (Å²) < 4.78 is 94.4. The highest BCUT2D eigenvalue weighted by atomic mass is 32.2. The summed E-state index contributed by atoms with van der Waals surface area (Å²) in [6, 6.07) is 8.67. The molecule has 4 rings (SSSR count). The smallest absolute Gasteiger partial charge is 0.378 e. The lowest BCUT2D eigenvalue weighted by Crippen LogP contribution is -2.39. The number of hydrogen-bond donors (Lipinski definition) is 1. The van der Waals surface area contributed by atoms with E-state index in [9.17, 15) is 35.9 Å². The van der Waals surface area contributed by atoms with Gasteiger partial charge < -0.3 is 19.5 Å². The van der Waals surface area contributed by atoms with Crippen molar-refractivity contribution in [3.05, 3.63) is 77.2 Å². The number of nitrogens with zero attached hydrogens (tertiary/aromatic N) is 2. The van der Waals surface area contributed by atoms with Crippen molar-refractivity contribution in [3.8, 4) is 0 Å². The highest BCUT2D eigenvalue weighted by Gasteiger charge is 2.46. The Morgan fingerprint density at radius 2 is 1.69 bits per heavy atom. The Bertz CT molecular complexity index is 1370. The summed E-state index contributed by atoms with van der Waals surface area (Å²) in [5.41, 5.74) is -4.40. The highest BCUT2D eigenvalue weighted by Crippen LogP contribution is 2.48. The maximum atomic E-state index is 14.1. The maximum Gasteiger partial charge on any atom is 0.418 e. The van der Waals surface area contributed by atoms with Crippen LogP contribution in [0, 0.1) is 0 Å². The topological polar surface area (TPSA) is 84.7 Å². The number of carbonyl (C=O) groups is 2. The molecule has 7 nitrogen and oxygen atoms in total. The quantitative estimate of drug-likeness (QED) is 0.289. The highest BCUT2D eigenvalue weighted by molar-refractivity contribution is 7.99. The molecule has 1 aliphatic rings. The van der Waals surface area contributed by atoms with E-state index < -0.39 is 45.8 Å². The second kappa shape index (κ2) is 11.5. The Morgan fingerprint density at radius 1 is 0.974 bits per heavy atom. The van der Waals surface area contributed by atoms with Gasteiger partial charge in [0.1, 0.15) is 0 Å². The number of morpholine rings is 1. The van der Waals surface area contributed by atoms with Gasteiger partial charge in [0.15, 0.2) is 0 Å². The molecule has 3 aromatic rings. The van der Waals surface area contributed by atoms with Crippen LogP contribution in [0.5, 0.6) is 0 Å². The van der Waals surface area contributed by atoms with Crippen molar-refractivity contribution in [2.45, 2.75) is 22.1 Å². The summed E-state index contributed by atoms with van der Waals surface area (Å²) in [7, 11) is 0. The summed E-state index contributed by atoms with van der Waals surface area (Å²) in [4.78, 5) is 25.3. The van der Waals surface area contributed by atoms with Crippen LogP contribution >= 0.6 is 11.8 Å². The molecular formula is C25H19F6N3O4S. The molecule has 14 heteroatoms. The van der Waals surface area contributed by atoms with Crippen LogP contribution in [0.25, 0.3) is 6.08 Å². The van der Waals surface area contributed by atoms with Gasteiger partial charge in [-0.1, -0.05) is 29.1 Å². The van der Waals surface area contributed by atoms with Crippen LogP contribution in [0.1, 0.15) is 27.2 Å². The van der Waals surface area contributed by atoms with Gasteiger partial charge in [-0.05, 0) is 35.9 Å². The first kappa shape index (κ1) is 28.2. The first-order valence-corrected chi connectivity index (χ1v) is 12.1. The van der Waals surface area contributed by atoms with Crippen molar-refractivity contribution in [2.75, 3.05) is 31.6 Å². The van der Waals surface area contributed by atoms with Gasteiger partial charge in [0.2, 0.25) is 11.7 Å². The van der Waals surface area contributed by atoms with Gasteiger partial charge in [-0.25, -0.2) is 0 Å². The normalized spacial score (nSPS) is 14.6. The monoisotopic (exact) mass is 571 g/mol. The van der Waals surface area contributed by atoms with E-state index in [1.54, 1.807) is 0 Å². The second-order valence-corrected chi connectivity index (χ2v) is 9.25. The van der Waals surface area contributed by atoms with E-state index in [0.29, 0.717) is 11.8 Å². The first-order chi connectivity index (χ1) is 18.4. The molecule has 206 valence electrons. The number of ether oxygens (including phenoxy) is 1. The van der Waals surface area contributed by atoms with Gasteiger partial charge in [-0.15, -0.1) is 0 Å². The molecule has 0 radical (unpaired) electrons. The van der Waals surface area contributed by atoms with E-state index in [1.165, 1.54) is 41.4 Å². The molecule has 1 aliphatic heterocycles. The summed E-state index contributed by atoms with van der Waals surface area (Å²) in [5.74, 6) is -1.42. The summed E-state index contributed by atoms with van der Waals surface area (Å²) >= 11 is 0.446. The number of nitrogens with one attached hydrogen (secondary N) is 1. The number of hydrogen-bond acceptors (Lipinski definition) is 6. The van der Waals surface area contributed by atoms with Gasteiger partial charge in [0.05, 0.1) is 30.5 Å². The average molecular weight is 571 g/mol. The zero-order valence-corrected chi connectivity index (χ0v) is 20.6. The Labute approximate surface area is 221 Å². The van der Waals surface area contributed by atoms with Crippen molar-refractivity contribution in [1.82, 2.24) is 10.1 Å². The molecule has 0 spiro atoms. The van der Waals surface area contributed by atoms with Crippen LogP contribution in [-0.4, -0.2) is 48.2 Å². The molecule has 1 fully saturated rings. The molecule has 39 heavy (non-hydrogen) atoms. The van der Waals surface area contributed by atoms with Crippen LogP contribution < -0.4 is 5.32 Å². The van der Waals surface area contributed by atoms with Gasteiger partial charge in [0, 0.05) is 40.7 Å². The molecule has 2 aromatic carbocycles. The lowest BCUT2D eigenvalue weighted by molar-refractivity contribution is -0.163. The van der Waals surface area contributed by atoms with Crippen LogP contribution in [0.15, 0.2) is 69.1 Å². The molecule has 1 saturated heterocycles. The molecule has 1 aromatic heterocycles. The molecule has 0 bridgehead atoms. The number of alkyl halides is 6. The number of rotatable bonds is 6. The molecule has 0 unspecified atom stereocenters. The van der Waals surface area contributed by atoms with E-state index in [0.717, 1.165) is 24.3 Å². The van der Waals surface area contributed by atoms with Crippen molar-refractivity contribution < 1.29 is 45.2 Å². The van der Waals surface area contributed by atoms with Gasteiger partial charge >= 0.3 is 12.4 Å². The first-order valence-electron chi connectivity index (χ1n) is 11.3. The summed E-state index contributed by atoms with van der Waals surface area (Å²) in [5, 5.41) is 5.88. The second-order valence-electron chi connectivity index (χ2n) is 8.13. The standard InChI is InChI=1S/C25H19F6N3O4S/c26-24(27,28)21-15(5-7-20(35)34-10-12-37-13-11-34)4-6-19(22(21)25(29,30)31)39-17-3-1-2-16(14-17)33-23(36)18-8-9-32-38-18/h1-9,14H,10-13H2,(H,33,36)/b7-5+. The van der Waals surface area contributed by atoms with Gasteiger partial charge in [-0.3, -0.25) is 9.59 Å². The number of halogens is 6. The minimum Gasteiger partial charge on any atom is -0.378 e. The molecule has 2 amide bonds. The minimum absolute atomic E-state index is 0.113. The van der Waals surface area contributed by atoms with Crippen LogP contribution in [0.2, 0.25) is 0 Å². The van der Waals surface area contributed by atoms with Gasteiger partial charge in [-0.2, -0.15) is 26.3 Å². The Kier molecular flexibility index (Phi) is 8.35. The number of anilines is 1. The van der Waals surface area contributed by atoms with Crippen LogP contribution in [-0.2, 0) is 21.9 Å². The molecule has 0 atom stereocenters. The fourth-order valence-electron chi connectivity index (χ4n) is 3.75. The third-order valence-electron chi connectivity index (χ3n) is 5.48.